The maximum atomic E-state index is 12.0. The zero-order chi connectivity index (χ0) is 14.5. The third-order valence-corrected chi connectivity index (χ3v) is 2.73. The number of anilines is 1. The zero-order valence-electron chi connectivity index (χ0n) is 10.9. The van der Waals surface area contributed by atoms with Gasteiger partial charge in [0, 0.05) is 18.2 Å². The van der Waals surface area contributed by atoms with E-state index in [1.54, 1.807) is 31.2 Å². The van der Waals surface area contributed by atoms with E-state index in [2.05, 4.69) is 10.5 Å². The molecule has 0 spiro atoms. The number of carbonyl (C=O) groups is 2. The van der Waals surface area contributed by atoms with Gasteiger partial charge < -0.3 is 14.9 Å². The highest BCUT2D eigenvalue weighted by Crippen LogP contribution is 2.18. The summed E-state index contributed by atoms with van der Waals surface area (Å²) in [6.07, 6.45) is 0.361. The summed E-state index contributed by atoms with van der Waals surface area (Å²) in [5.41, 5.74) is 1.54. The molecule has 0 atom stereocenters. The summed E-state index contributed by atoms with van der Waals surface area (Å²) in [6, 6.07) is 8.62. The Morgan fingerprint density at radius 3 is 2.75 bits per heavy atom. The van der Waals surface area contributed by atoms with Crippen LogP contribution in [-0.2, 0) is 11.2 Å². The fourth-order valence-corrected chi connectivity index (χ4v) is 1.76. The van der Waals surface area contributed by atoms with Crippen molar-refractivity contribution in [2.75, 3.05) is 5.32 Å². The lowest BCUT2D eigenvalue weighted by molar-refractivity contribution is -0.136. The number of carboxylic acids is 1. The Bertz CT molecular complexity index is 634. The first kappa shape index (κ1) is 13.8. The van der Waals surface area contributed by atoms with Crippen LogP contribution < -0.4 is 5.32 Å². The molecule has 6 nitrogen and oxygen atoms in total. The normalized spacial score (nSPS) is 10.2. The second kappa shape index (κ2) is 6.01. The van der Waals surface area contributed by atoms with Crippen LogP contribution in [0.15, 0.2) is 34.9 Å². The molecule has 0 aliphatic carbocycles. The number of rotatable bonds is 5. The van der Waals surface area contributed by atoms with E-state index in [1.165, 1.54) is 6.07 Å². The van der Waals surface area contributed by atoms with Crippen LogP contribution in [0.3, 0.4) is 0 Å². The number of para-hydroxylation sites is 1. The molecule has 0 saturated heterocycles. The fraction of sp³-hybridized carbons (Fsp3) is 0.214. The molecule has 1 aromatic carbocycles. The molecule has 2 rings (SSSR count). The number of aryl methyl sites for hydroxylation is 2. The number of hydrogen-bond donors (Lipinski definition) is 2. The number of benzene rings is 1. The maximum absolute atomic E-state index is 12.0. The molecule has 1 aromatic heterocycles. The highest BCUT2D eigenvalue weighted by atomic mass is 16.5. The van der Waals surface area contributed by atoms with Crippen LogP contribution in [-0.4, -0.2) is 22.1 Å². The lowest BCUT2D eigenvalue weighted by atomic mass is 10.1. The molecule has 0 aliphatic rings. The van der Waals surface area contributed by atoms with Crippen molar-refractivity contribution >= 4 is 17.6 Å². The molecule has 1 heterocycles. The van der Waals surface area contributed by atoms with Gasteiger partial charge in [-0.1, -0.05) is 23.4 Å². The van der Waals surface area contributed by atoms with Crippen LogP contribution in [0.2, 0.25) is 0 Å². The van der Waals surface area contributed by atoms with Gasteiger partial charge in [-0.2, -0.15) is 0 Å². The van der Waals surface area contributed by atoms with Gasteiger partial charge in [0.15, 0.2) is 5.69 Å². The van der Waals surface area contributed by atoms with Crippen molar-refractivity contribution < 1.29 is 19.2 Å². The summed E-state index contributed by atoms with van der Waals surface area (Å²) in [7, 11) is 0. The second-order valence-corrected chi connectivity index (χ2v) is 4.33. The largest absolute Gasteiger partial charge is 0.481 e. The molecule has 0 fully saturated rings. The quantitative estimate of drug-likeness (QED) is 0.872. The Labute approximate surface area is 115 Å². The molecule has 20 heavy (non-hydrogen) atoms. The first-order chi connectivity index (χ1) is 9.56. The van der Waals surface area contributed by atoms with Gasteiger partial charge in [-0.25, -0.2) is 0 Å². The highest BCUT2D eigenvalue weighted by Gasteiger charge is 2.13. The van der Waals surface area contributed by atoms with Gasteiger partial charge in [0.2, 0.25) is 0 Å². The van der Waals surface area contributed by atoms with Gasteiger partial charge in [0.1, 0.15) is 5.76 Å². The Morgan fingerprint density at radius 1 is 1.35 bits per heavy atom. The summed E-state index contributed by atoms with van der Waals surface area (Å²) < 4.78 is 4.84. The van der Waals surface area contributed by atoms with Gasteiger partial charge in [0.05, 0.1) is 0 Å². The fourth-order valence-electron chi connectivity index (χ4n) is 1.76. The van der Waals surface area contributed by atoms with Crippen LogP contribution in [0.1, 0.15) is 28.2 Å². The van der Waals surface area contributed by atoms with Crippen LogP contribution in [0.5, 0.6) is 0 Å². The van der Waals surface area contributed by atoms with Crippen molar-refractivity contribution in [1.82, 2.24) is 5.16 Å². The van der Waals surface area contributed by atoms with E-state index in [0.717, 1.165) is 5.56 Å². The summed E-state index contributed by atoms with van der Waals surface area (Å²) in [5, 5.41) is 15.1. The van der Waals surface area contributed by atoms with Crippen molar-refractivity contribution in [3.05, 3.63) is 47.3 Å². The van der Waals surface area contributed by atoms with Gasteiger partial charge in [-0.3, -0.25) is 9.59 Å². The minimum Gasteiger partial charge on any atom is -0.481 e. The molecule has 2 aromatic rings. The van der Waals surface area contributed by atoms with Crippen molar-refractivity contribution in [2.45, 2.75) is 19.8 Å². The molecule has 6 heteroatoms. The summed E-state index contributed by atoms with van der Waals surface area (Å²) >= 11 is 0. The van der Waals surface area contributed by atoms with Crippen molar-refractivity contribution in [1.29, 1.82) is 0 Å². The average molecular weight is 274 g/mol. The van der Waals surface area contributed by atoms with E-state index in [0.29, 0.717) is 17.9 Å². The molecular formula is C14H14N2O4. The molecule has 0 radical (unpaired) electrons. The minimum atomic E-state index is -0.877. The number of nitrogens with zero attached hydrogens (tertiary/aromatic N) is 1. The van der Waals surface area contributed by atoms with E-state index in [9.17, 15) is 9.59 Å². The van der Waals surface area contributed by atoms with E-state index >= 15 is 0 Å². The van der Waals surface area contributed by atoms with Crippen LogP contribution in [0.25, 0.3) is 0 Å². The molecule has 104 valence electrons. The van der Waals surface area contributed by atoms with Crippen molar-refractivity contribution in [3.8, 4) is 0 Å². The predicted octanol–water partition coefficient (Wildman–Crippen LogP) is 2.25. The molecular weight excluding hydrogens is 260 g/mol. The van der Waals surface area contributed by atoms with Crippen LogP contribution >= 0.6 is 0 Å². The smallest absolute Gasteiger partial charge is 0.303 e. The SMILES string of the molecule is Cc1cc(C(=O)Nc2ccccc2CCC(=O)O)no1. The molecule has 0 saturated carbocycles. The van der Waals surface area contributed by atoms with E-state index in [1.807, 2.05) is 0 Å². The average Bonchev–Trinajstić information content (AvgIpc) is 2.84. The molecule has 0 aliphatic heterocycles. The third kappa shape index (κ3) is 3.44. The number of carbonyl (C=O) groups excluding carboxylic acids is 1. The summed E-state index contributed by atoms with van der Waals surface area (Å²) in [4.78, 5) is 22.6. The Hall–Kier alpha value is -2.63. The third-order valence-electron chi connectivity index (χ3n) is 2.73. The summed E-state index contributed by atoms with van der Waals surface area (Å²) in [6.45, 7) is 1.70. The van der Waals surface area contributed by atoms with Gasteiger partial charge >= 0.3 is 5.97 Å². The monoisotopic (exact) mass is 274 g/mol. The zero-order valence-corrected chi connectivity index (χ0v) is 10.9. The molecule has 2 N–H and O–H groups in total. The van der Waals surface area contributed by atoms with Crippen molar-refractivity contribution in [2.24, 2.45) is 0 Å². The first-order valence-electron chi connectivity index (χ1n) is 6.10. The molecule has 0 bridgehead atoms. The molecule has 0 unspecified atom stereocenters. The van der Waals surface area contributed by atoms with E-state index in [-0.39, 0.29) is 18.0 Å². The number of hydrogen-bond acceptors (Lipinski definition) is 4. The van der Waals surface area contributed by atoms with Crippen LogP contribution in [0.4, 0.5) is 5.69 Å². The van der Waals surface area contributed by atoms with E-state index in [4.69, 9.17) is 9.63 Å². The highest BCUT2D eigenvalue weighted by molar-refractivity contribution is 6.03. The number of amides is 1. The van der Waals surface area contributed by atoms with E-state index < -0.39 is 5.97 Å². The Morgan fingerprint density at radius 2 is 2.10 bits per heavy atom. The second-order valence-electron chi connectivity index (χ2n) is 4.33. The maximum Gasteiger partial charge on any atom is 0.303 e. The van der Waals surface area contributed by atoms with Gasteiger partial charge in [-0.05, 0) is 25.0 Å². The Balaban J connectivity index is 2.12. The topological polar surface area (TPSA) is 92.4 Å². The number of aliphatic carboxylic acids is 1. The molecule has 1 amide bonds. The van der Waals surface area contributed by atoms with Crippen molar-refractivity contribution in [3.63, 3.8) is 0 Å². The lowest BCUT2D eigenvalue weighted by Crippen LogP contribution is -2.14. The van der Waals surface area contributed by atoms with Gasteiger partial charge in [0.25, 0.3) is 5.91 Å². The lowest BCUT2D eigenvalue weighted by Gasteiger charge is -2.09. The number of aromatic nitrogens is 1. The number of nitrogens with one attached hydrogen (secondary N) is 1. The minimum absolute atomic E-state index is 0.00987. The summed E-state index contributed by atoms with van der Waals surface area (Å²) in [5.74, 6) is -0.711. The standard InChI is InChI=1S/C14H14N2O4/c1-9-8-12(16-20-9)14(19)15-11-5-3-2-4-10(11)6-7-13(17)18/h2-5,8H,6-7H2,1H3,(H,15,19)(H,17,18). The van der Waals surface area contributed by atoms with Gasteiger partial charge in [-0.15, -0.1) is 0 Å². The van der Waals surface area contributed by atoms with Crippen LogP contribution in [0, 0.1) is 6.92 Å². The predicted molar refractivity (Wildman–Crippen MR) is 71.6 cm³/mol. The number of carboxylic acid groups (broad SMARTS) is 1. The first-order valence-corrected chi connectivity index (χ1v) is 6.10. The Kier molecular flexibility index (Phi) is 4.14.